The van der Waals surface area contributed by atoms with Crippen LogP contribution < -0.4 is 16.8 Å². The van der Waals surface area contributed by atoms with E-state index in [0.717, 1.165) is 0 Å². The fourth-order valence-electron chi connectivity index (χ4n) is 5.32. The van der Waals surface area contributed by atoms with Gasteiger partial charge in [0.1, 0.15) is 24.2 Å². The molecule has 1 aromatic carbocycles. The van der Waals surface area contributed by atoms with Gasteiger partial charge in [-0.15, -0.1) is 0 Å². The highest BCUT2D eigenvalue weighted by Gasteiger charge is 2.74. The highest BCUT2D eigenvalue weighted by atomic mass is 16.9. The lowest BCUT2D eigenvalue weighted by atomic mass is 9.84. The lowest BCUT2D eigenvalue weighted by Gasteiger charge is -2.32. The number of hydrogen-bond acceptors (Lipinski definition) is 9. The summed E-state index contributed by atoms with van der Waals surface area (Å²) in [5.74, 6) is -7.83. The maximum Gasteiger partial charge on any atom is 0.326 e. The third-order valence-electron chi connectivity index (χ3n) is 6.79. The van der Waals surface area contributed by atoms with Crippen molar-refractivity contribution in [1.82, 2.24) is 10.4 Å². The Bertz CT molecular complexity index is 1100. The molecule has 3 heterocycles. The Balaban J connectivity index is 1.62. The predicted octanol–water partition coefficient (Wildman–Crippen LogP) is -0.456. The molecule has 3 aliphatic heterocycles. The number of carboxylic acid groups (broad SMARTS) is 2. The fourth-order valence-corrected chi connectivity index (χ4v) is 5.32. The Morgan fingerprint density at radius 3 is 2.42 bits per heavy atom. The fraction of sp³-hybridized carbons (Fsp3) is 0.583. The number of ether oxygens (including phenoxy) is 3. The summed E-state index contributed by atoms with van der Waals surface area (Å²) in [5, 5.41) is 23.8. The standard InChI is InChI=1S/C24H33N5O9/c1-23(2)35-16-17(19(30)28-13(20(31)32)10-7-11-27-22(25)26)36-24(18(16)37-23)14(21(33)34)15(29(3)38-24)12-8-5-4-6-9-12/h4-6,8-9,13-18H,7,10-11H2,1-3H3,(H,28,30)(H,31,32)(H,33,34)(H4,25,26,27)/t13-,14+,15-,16-,17-,18+,24-/m0/s1. The van der Waals surface area contributed by atoms with Gasteiger partial charge < -0.3 is 41.2 Å². The molecule has 0 aliphatic carbocycles. The number of nitrogens with two attached hydrogens (primary N) is 2. The summed E-state index contributed by atoms with van der Waals surface area (Å²) in [5.41, 5.74) is 11.2. The molecule has 1 amide bonds. The average Bonchev–Trinajstić information content (AvgIpc) is 3.42. The van der Waals surface area contributed by atoms with Crippen molar-refractivity contribution in [3.63, 3.8) is 0 Å². The minimum atomic E-state index is -1.92. The number of carbonyl (C=O) groups excluding carboxylic acids is 1. The quantitative estimate of drug-likeness (QED) is 0.155. The van der Waals surface area contributed by atoms with Gasteiger partial charge in [0.15, 0.2) is 17.9 Å². The minimum absolute atomic E-state index is 0.0414. The predicted molar refractivity (Wildman–Crippen MR) is 130 cm³/mol. The molecule has 208 valence electrons. The van der Waals surface area contributed by atoms with Crippen LogP contribution in [-0.2, 0) is 33.4 Å². The normalized spacial score (nSPS) is 32.6. The van der Waals surface area contributed by atoms with Gasteiger partial charge in [0.05, 0.1) is 6.04 Å². The van der Waals surface area contributed by atoms with E-state index in [1.807, 2.05) is 0 Å². The number of benzene rings is 1. The van der Waals surface area contributed by atoms with Crippen molar-refractivity contribution < 1.29 is 43.6 Å². The maximum atomic E-state index is 13.4. The Kier molecular flexibility index (Phi) is 7.63. The van der Waals surface area contributed by atoms with E-state index in [2.05, 4.69) is 10.3 Å². The van der Waals surface area contributed by atoms with E-state index in [1.165, 1.54) is 5.06 Å². The molecule has 3 fully saturated rings. The first kappa shape index (κ1) is 27.7. The van der Waals surface area contributed by atoms with E-state index in [4.69, 9.17) is 30.5 Å². The van der Waals surface area contributed by atoms with Crippen LogP contribution in [0.25, 0.3) is 0 Å². The number of nitrogens with one attached hydrogen (secondary N) is 1. The van der Waals surface area contributed by atoms with Crippen molar-refractivity contribution >= 4 is 23.8 Å². The summed E-state index contributed by atoms with van der Waals surface area (Å²) in [7, 11) is 1.58. The number of aliphatic imine (C=N–C) groups is 1. The molecule has 0 radical (unpaired) electrons. The highest BCUT2D eigenvalue weighted by molar-refractivity contribution is 5.87. The zero-order valence-corrected chi connectivity index (χ0v) is 21.3. The van der Waals surface area contributed by atoms with Crippen LogP contribution in [0.5, 0.6) is 0 Å². The minimum Gasteiger partial charge on any atom is -0.481 e. The number of carboxylic acids is 2. The summed E-state index contributed by atoms with van der Waals surface area (Å²) < 4.78 is 18.1. The van der Waals surface area contributed by atoms with Crippen LogP contribution in [0.2, 0.25) is 0 Å². The zero-order chi connectivity index (χ0) is 27.8. The van der Waals surface area contributed by atoms with Crippen LogP contribution in [-0.4, -0.2) is 88.6 Å². The number of rotatable bonds is 9. The van der Waals surface area contributed by atoms with Crippen LogP contribution in [0.4, 0.5) is 0 Å². The molecule has 3 aliphatic rings. The average molecular weight is 536 g/mol. The number of carbonyl (C=O) groups is 3. The van der Waals surface area contributed by atoms with Crippen molar-refractivity contribution in [3.05, 3.63) is 35.9 Å². The van der Waals surface area contributed by atoms with Gasteiger partial charge in [-0.25, -0.2) is 4.79 Å². The number of hydroxylamine groups is 2. The summed E-state index contributed by atoms with van der Waals surface area (Å²) in [6.45, 7) is 3.43. The second kappa shape index (κ2) is 10.5. The van der Waals surface area contributed by atoms with Crippen molar-refractivity contribution in [2.24, 2.45) is 22.4 Å². The first-order valence-electron chi connectivity index (χ1n) is 12.2. The topological polar surface area (TPSA) is 208 Å². The van der Waals surface area contributed by atoms with Gasteiger partial charge in [-0.2, -0.15) is 5.06 Å². The Labute approximate surface area is 218 Å². The smallest absolute Gasteiger partial charge is 0.326 e. The molecule has 0 bridgehead atoms. The van der Waals surface area contributed by atoms with Crippen molar-refractivity contribution in [2.75, 3.05) is 13.6 Å². The summed E-state index contributed by atoms with van der Waals surface area (Å²) in [6.07, 6.45) is -3.25. The number of fused-ring (bicyclic) bond motifs is 2. The number of guanidine groups is 1. The second-order valence-corrected chi connectivity index (χ2v) is 9.94. The molecule has 38 heavy (non-hydrogen) atoms. The van der Waals surface area contributed by atoms with Crippen LogP contribution in [0.1, 0.15) is 38.3 Å². The molecule has 1 aromatic rings. The zero-order valence-electron chi connectivity index (χ0n) is 21.3. The van der Waals surface area contributed by atoms with Gasteiger partial charge in [0.25, 0.3) is 5.91 Å². The molecular formula is C24H33N5O9. The molecule has 3 saturated heterocycles. The SMILES string of the molecule is CN1O[C@@]2(O[C@H](C(=O)N[C@@H](CCCN=C(N)N)C(=O)O)[C@@H]3OC(C)(C)O[C@H]32)[C@@H](C(=O)O)[C@@H]1c1ccccc1. The molecule has 7 atom stereocenters. The van der Waals surface area contributed by atoms with E-state index >= 15 is 0 Å². The molecular weight excluding hydrogens is 502 g/mol. The Morgan fingerprint density at radius 1 is 1.13 bits per heavy atom. The van der Waals surface area contributed by atoms with Crippen LogP contribution in [0.3, 0.4) is 0 Å². The van der Waals surface area contributed by atoms with Crippen molar-refractivity contribution in [3.8, 4) is 0 Å². The molecule has 14 nitrogen and oxygen atoms in total. The van der Waals surface area contributed by atoms with Gasteiger partial charge in [-0.3, -0.25) is 19.4 Å². The number of nitrogens with zero attached hydrogens (tertiary/aromatic N) is 2. The van der Waals surface area contributed by atoms with Crippen molar-refractivity contribution in [2.45, 2.75) is 68.7 Å². The molecule has 1 spiro atoms. The largest absolute Gasteiger partial charge is 0.481 e. The van der Waals surface area contributed by atoms with Gasteiger partial charge in [-0.1, -0.05) is 30.3 Å². The first-order valence-corrected chi connectivity index (χ1v) is 12.2. The monoisotopic (exact) mass is 535 g/mol. The number of aliphatic carboxylic acids is 2. The van der Waals surface area contributed by atoms with E-state index in [9.17, 15) is 24.6 Å². The van der Waals surface area contributed by atoms with Crippen LogP contribution in [0.15, 0.2) is 35.3 Å². The Morgan fingerprint density at radius 2 is 1.82 bits per heavy atom. The van der Waals surface area contributed by atoms with Gasteiger partial charge in [0, 0.05) is 13.6 Å². The molecule has 14 heteroatoms. The summed E-state index contributed by atoms with van der Waals surface area (Å²) in [4.78, 5) is 47.8. The molecule has 4 rings (SSSR count). The third-order valence-corrected chi connectivity index (χ3v) is 6.79. The van der Waals surface area contributed by atoms with Crippen LogP contribution >= 0.6 is 0 Å². The lowest BCUT2D eigenvalue weighted by Crippen LogP contribution is -2.51. The van der Waals surface area contributed by atoms with Gasteiger partial charge in [-0.05, 0) is 32.3 Å². The Hall–Kier alpha value is -3.30. The van der Waals surface area contributed by atoms with Gasteiger partial charge in [0.2, 0.25) is 5.79 Å². The summed E-state index contributed by atoms with van der Waals surface area (Å²) >= 11 is 0. The van der Waals surface area contributed by atoms with Crippen molar-refractivity contribution in [1.29, 1.82) is 0 Å². The number of hydrogen-bond donors (Lipinski definition) is 5. The molecule has 0 aromatic heterocycles. The van der Waals surface area contributed by atoms with Crippen LogP contribution in [0, 0.1) is 5.92 Å². The van der Waals surface area contributed by atoms with Gasteiger partial charge >= 0.3 is 11.9 Å². The second-order valence-electron chi connectivity index (χ2n) is 9.94. The maximum absolute atomic E-state index is 13.4. The molecule has 0 saturated carbocycles. The van der Waals surface area contributed by atoms with E-state index < -0.39 is 65.7 Å². The van der Waals surface area contributed by atoms with E-state index in [1.54, 1.807) is 51.2 Å². The lowest BCUT2D eigenvalue weighted by molar-refractivity contribution is -0.335. The first-order chi connectivity index (χ1) is 17.9. The van der Waals surface area contributed by atoms with E-state index in [0.29, 0.717) is 5.56 Å². The third kappa shape index (κ3) is 5.17. The molecule has 7 N–H and O–H groups in total. The van der Waals surface area contributed by atoms with E-state index in [-0.39, 0.29) is 25.3 Å². The highest BCUT2D eigenvalue weighted by Crippen LogP contribution is 2.56. The summed E-state index contributed by atoms with van der Waals surface area (Å²) in [6, 6.07) is 6.85. The number of amides is 1. The molecule has 0 unspecified atom stereocenters.